The van der Waals surface area contributed by atoms with Crippen LogP contribution in [0.3, 0.4) is 0 Å². The molecule has 28 heavy (non-hydrogen) atoms. The molecular formula is C21H41O6P. The quantitative estimate of drug-likeness (QED) is 0.164. The maximum Gasteiger partial charge on any atom is 0.469 e. The number of unbranched alkanes of at least 4 members (excludes halogenated alkanes) is 11. The van der Waals surface area contributed by atoms with Crippen LogP contribution < -0.4 is 0 Å². The summed E-state index contributed by atoms with van der Waals surface area (Å²) in [5, 5.41) is 0. The first-order valence-corrected chi connectivity index (χ1v) is 12.7. The summed E-state index contributed by atoms with van der Waals surface area (Å²) in [7, 11) is -4.43. The molecule has 0 spiro atoms. The highest BCUT2D eigenvalue weighted by atomic mass is 31.2. The summed E-state index contributed by atoms with van der Waals surface area (Å²) < 4.78 is 26.2. The summed E-state index contributed by atoms with van der Waals surface area (Å²) in [6.07, 6.45) is 21.4. The van der Waals surface area contributed by atoms with Crippen molar-refractivity contribution in [3.8, 4) is 0 Å². The Hall–Kier alpha value is -0.230. The predicted molar refractivity (Wildman–Crippen MR) is 112 cm³/mol. The molecule has 2 unspecified atom stereocenters. The Morgan fingerprint density at radius 1 is 0.929 bits per heavy atom. The smallest absolute Gasteiger partial charge is 0.350 e. The Balaban J connectivity index is 1.83. The molecule has 0 bridgehead atoms. The van der Waals surface area contributed by atoms with Crippen LogP contribution in [0.2, 0.25) is 0 Å². The number of hydrogen-bond acceptors (Lipinski definition) is 4. The van der Waals surface area contributed by atoms with E-state index >= 15 is 0 Å². The van der Waals surface area contributed by atoms with Gasteiger partial charge in [0, 0.05) is 0 Å². The van der Waals surface area contributed by atoms with Gasteiger partial charge in [-0.25, -0.2) is 4.57 Å². The second-order valence-corrected chi connectivity index (χ2v) is 8.92. The van der Waals surface area contributed by atoms with Crippen LogP contribution in [-0.4, -0.2) is 35.4 Å². The van der Waals surface area contributed by atoms with Gasteiger partial charge in [-0.1, -0.05) is 70.4 Å². The Morgan fingerprint density at radius 3 is 2.11 bits per heavy atom. The van der Waals surface area contributed by atoms with Gasteiger partial charge >= 0.3 is 7.82 Å². The summed E-state index contributed by atoms with van der Waals surface area (Å²) in [5.41, 5.74) is 0. The fraction of sp³-hybridized carbons (Fsp3) is 0.905. The first-order valence-electron chi connectivity index (χ1n) is 11.1. The van der Waals surface area contributed by atoms with Crippen LogP contribution in [0.1, 0.15) is 96.8 Å². The van der Waals surface area contributed by atoms with Gasteiger partial charge in [0.05, 0.1) is 13.2 Å². The van der Waals surface area contributed by atoms with E-state index in [9.17, 15) is 4.57 Å². The van der Waals surface area contributed by atoms with Crippen molar-refractivity contribution >= 4 is 7.82 Å². The molecule has 1 saturated heterocycles. The first kappa shape index (κ1) is 25.8. The van der Waals surface area contributed by atoms with Gasteiger partial charge in [0.15, 0.2) is 6.29 Å². The molecule has 166 valence electrons. The molecule has 0 aromatic heterocycles. The minimum Gasteiger partial charge on any atom is -0.350 e. The molecular weight excluding hydrogens is 379 g/mol. The average molecular weight is 421 g/mol. The molecule has 0 aliphatic carbocycles. The maximum absolute atomic E-state index is 10.7. The number of allylic oxidation sites excluding steroid dienone is 2. The lowest BCUT2D eigenvalue weighted by Gasteiger charge is -2.12. The monoisotopic (exact) mass is 420 g/mol. The first-order chi connectivity index (χ1) is 13.5. The van der Waals surface area contributed by atoms with Gasteiger partial charge in [0.2, 0.25) is 0 Å². The standard InChI is InChI=1S/C21H41O6P/c1-2-3-4-5-6-7-8-9-10-11-12-13-14-15-16-17-21-25-18-20(27-21)19-26-28(22,23)24/h8-9,20-21H,2-7,10-19H2,1H3,(H2,22,23,24)/b9-8+. The number of hydrogen-bond donors (Lipinski definition) is 2. The van der Waals surface area contributed by atoms with Gasteiger partial charge < -0.3 is 19.3 Å². The largest absolute Gasteiger partial charge is 0.469 e. The Labute approximate surface area is 171 Å². The van der Waals surface area contributed by atoms with E-state index in [2.05, 4.69) is 23.6 Å². The molecule has 7 heteroatoms. The van der Waals surface area contributed by atoms with Crippen molar-refractivity contribution in [1.82, 2.24) is 0 Å². The van der Waals surface area contributed by atoms with E-state index in [0.29, 0.717) is 6.61 Å². The van der Waals surface area contributed by atoms with E-state index in [-0.39, 0.29) is 19.0 Å². The molecule has 1 rings (SSSR count). The summed E-state index contributed by atoms with van der Waals surface area (Å²) in [4.78, 5) is 17.4. The van der Waals surface area contributed by atoms with E-state index in [1.165, 1.54) is 77.0 Å². The van der Waals surface area contributed by atoms with Crippen LogP contribution in [0.5, 0.6) is 0 Å². The highest BCUT2D eigenvalue weighted by molar-refractivity contribution is 7.46. The van der Waals surface area contributed by atoms with Crippen LogP contribution in [0.25, 0.3) is 0 Å². The molecule has 0 aromatic rings. The van der Waals surface area contributed by atoms with Crippen molar-refractivity contribution in [2.45, 2.75) is 109 Å². The van der Waals surface area contributed by atoms with Crippen LogP contribution in [0.15, 0.2) is 12.2 Å². The highest BCUT2D eigenvalue weighted by Crippen LogP contribution is 2.36. The molecule has 6 nitrogen and oxygen atoms in total. The molecule has 1 heterocycles. The van der Waals surface area contributed by atoms with Gasteiger partial charge in [-0.3, -0.25) is 4.52 Å². The highest BCUT2D eigenvalue weighted by Gasteiger charge is 2.28. The third-order valence-corrected chi connectivity index (χ3v) is 5.43. The fourth-order valence-electron chi connectivity index (χ4n) is 3.31. The Morgan fingerprint density at radius 2 is 1.50 bits per heavy atom. The van der Waals surface area contributed by atoms with Crippen molar-refractivity contribution in [1.29, 1.82) is 0 Å². The number of rotatable bonds is 18. The minimum absolute atomic E-state index is 0.131. The van der Waals surface area contributed by atoms with Crippen molar-refractivity contribution in [3.63, 3.8) is 0 Å². The lowest BCUT2D eigenvalue weighted by molar-refractivity contribution is -0.0698. The Bertz CT molecular complexity index is 437. The molecule has 1 fully saturated rings. The van der Waals surface area contributed by atoms with Crippen molar-refractivity contribution in [3.05, 3.63) is 12.2 Å². The summed E-state index contributed by atoms with van der Waals surface area (Å²) in [6.45, 7) is 2.45. The van der Waals surface area contributed by atoms with E-state index < -0.39 is 7.82 Å². The lowest BCUT2D eigenvalue weighted by Crippen LogP contribution is -2.18. The zero-order valence-electron chi connectivity index (χ0n) is 17.6. The molecule has 1 aliphatic rings. The molecule has 0 amide bonds. The second kappa shape index (κ2) is 16.6. The predicted octanol–water partition coefficient (Wildman–Crippen LogP) is 5.87. The van der Waals surface area contributed by atoms with Crippen LogP contribution in [0, 0.1) is 0 Å². The number of ether oxygens (including phenoxy) is 2. The van der Waals surface area contributed by atoms with Gasteiger partial charge in [-0.2, -0.15) is 0 Å². The average Bonchev–Trinajstić information content (AvgIpc) is 3.10. The van der Waals surface area contributed by atoms with E-state index in [1.807, 2.05) is 0 Å². The van der Waals surface area contributed by atoms with Crippen LogP contribution >= 0.6 is 7.82 Å². The van der Waals surface area contributed by atoms with Crippen molar-refractivity contribution in [2.75, 3.05) is 13.2 Å². The lowest BCUT2D eigenvalue weighted by atomic mass is 10.1. The maximum atomic E-state index is 10.7. The van der Waals surface area contributed by atoms with Gasteiger partial charge in [-0.15, -0.1) is 0 Å². The number of phosphoric acid groups is 1. The third-order valence-electron chi connectivity index (χ3n) is 4.94. The summed E-state index contributed by atoms with van der Waals surface area (Å²) in [5.74, 6) is 0. The van der Waals surface area contributed by atoms with E-state index in [0.717, 1.165) is 12.8 Å². The topological polar surface area (TPSA) is 85.2 Å². The van der Waals surface area contributed by atoms with E-state index in [1.54, 1.807) is 0 Å². The van der Waals surface area contributed by atoms with Crippen molar-refractivity contribution < 1.29 is 28.3 Å². The molecule has 2 N–H and O–H groups in total. The summed E-state index contributed by atoms with van der Waals surface area (Å²) in [6, 6.07) is 0. The Kier molecular flexibility index (Phi) is 15.3. The molecule has 0 radical (unpaired) electrons. The SMILES string of the molecule is CCCCCCC/C=C/CCCCCCCCC1OCC(COP(=O)(O)O)O1. The normalized spacial score (nSPS) is 20.4. The van der Waals surface area contributed by atoms with Gasteiger partial charge in [0.25, 0.3) is 0 Å². The summed E-state index contributed by atoms with van der Waals surface area (Å²) >= 11 is 0. The minimum atomic E-state index is -4.43. The van der Waals surface area contributed by atoms with Crippen LogP contribution in [-0.2, 0) is 18.6 Å². The van der Waals surface area contributed by atoms with E-state index in [4.69, 9.17) is 19.3 Å². The molecule has 0 aromatic carbocycles. The van der Waals surface area contributed by atoms with Gasteiger partial charge in [-0.05, 0) is 38.5 Å². The van der Waals surface area contributed by atoms with Gasteiger partial charge in [0.1, 0.15) is 6.10 Å². The van der Waals surface area contributed by atoms with Crippen LogP contribution in [0.4, 0.5) is 0 Å². The fourth-order valence-corrected chi connectivity index (χ4v) is 3.67. The second-order valence-electron chi connectivity index (χ2n) is 7.68. The van der Waals surface area contributed by atoms with Crippen molar-refractivity contribution in [2.24, 2.45) is 0 Å². The molecule has 2 atom stereocenters. The molecule has 0 saturated carbocycles. The molecule has 1 aliphatic heterocycles. The zero-order valence-corrected chi connectivity index (χ0v) is 18.5. The number of phosphoric ester groups is 1. The third kappa shape index (κ3) is 15.7. The zero-order chi connectivity index (χ0) is 20.5.